The standard InChI is InChI=1S/C19H38N4.HI/c1-3-20-19(22-15-18-12-14-23(4-2)16-18)21-13-8-11-17-9-6-5-7-10-17;/h17-18H,3-16H2,1-2H3,(H2,20,21,22);1H. The van der Waals surface area contributed by atoms with E-state index in [0.717, 1.165) is 37.4 Å². The largest absolute Gasteiger partial charge is 0.357 e. The highest BCUT2D eigenvalue weighted by molar-refractivity contribution is 14.0. The number of rotatable bonds is 8. The highest BCUT2D eigenvalue weighted by Gasteiger charge is 2.20. The van der Waals surface area contributed by atoms with Gasteiger partial charge in [0.15, 0.2) is 5.96 Å². The highest BCUT2D eigenvalue weighted by Crippen LogP contribution is 2.26. The molecule has 0 aromatic heterocycles. The predicted molar refractivity (Wildman–Crippen MR) is 115 cm³/mol. The number of nitrogens with zero attached hydrogens (tertiary/aromatic N) is 2. The minimum Gasteiger partial charge on any atom is -0.357 e. The summed E-state index contributed by atoms with van der Waals surface area (Å²) in [7, 11) is 0. The van der Waals surface area contributed by atoms with Gasteiger partial charge in [0.25, 0.3) is 0 Å². The van der Waals surface area contributed by atoms with Crippen molar-refractivity contribution in [1.82, 2.24) is 15.5 Å². The lowest BCUT2D eigenvalue weighted by atomic mass is 9.86. The molecule has 0 spiro atoms. The number of likely N-dealkylation sites (tertiary alicyclic amines) is 1. The molecule has 2 aliphatic rings. The number of guanidine groups is 1. The predicted octanol–water partition coefficient (Wildman–Crippen LogP) is 3.86. The van der Waals surface area contributed by atoms with Crippen LogP contribution < -0.4 is 10.6 Å². The first-order chi connectivity index (χ1) is 11.3. The first kappa shape index (κ1) is 22.0. The van der Waals surface area contributed by atoms with E-state index in [0.29, 0.717) is 0 Å². The zero-order valence-corrected chi connectivity index (χ0v) is 18.2. The van der Waals surface area contributed by atoms with Crippen LogP contribution >= 0.6 is 24.0 Å². The van der Waals surface area contributed by atoms with Crippen LogP contribution in [0.3, 0.4) is 0 Å². The Morgan fingerprint density at radius 2 is 1.83 bits per heavy atom. The summed E-state index contributed by atoms with van der Waals surface area (Å²) in [6, 6.07) is 0. The molecule has 5 heteroatoms. The van der Waals surface area contributed by atoms with E-state index in [1.807, 2.05) is 0 Å². The minimum absolute atomic E-state index is 0. The summed E-state index contributed by atoms with van der Waals surface area (Å²) < 4.78 is 0. The quantitative estimate of drug-likeness (QED) is 0.255. The molecule has 0 bridgehead atoms. The van der Waals surface area contributed by atoms with Gasteiger partial charge in [0, 0.05) is 26.2 Å². The maximum atomic E-state index is 4.82. The van der Waals surface area contributed by atoms with Crippen LogP contribution in [0.25, 0.3) is 0 Å². The average molecular weight is 450 g/mol. The van der Waals surface area contributed by atoms with Gasteiger partial charge in [-0.3, -0.25) is 4.99 Å². The van der Waals surface area contributed by atoms with Crippen molar-refractivity contribution < 1.29 is 0 Å². The second-order valence-corrected chi connectivity index (χ2v) is 7.34. The van der Waals surface area contributed by atoms with Crippen molar-refractivity contribution in [1.29, 1.82) is 0 Å². The second-order valence-electron chi connectivity index (χ2n) is 7.34. The third kappa shape index (κ3) is 8.37. The van der Waals surface area contributed by atoms with Gasteiger partial charge in [-0.2, -0.15) is 0 Å². The van der Waals surface area contributed by atoms with E-state index < -0.39 is 0 Å². The number of aliphatic imine (C=N–C) groups is 1. The van der Waals surface area contributed by atoms with Crippen LogP contribution in [0, 0.1) is 11.8 Å². The molecule has 1 saturated heterocycles. The molecule has 24 heavy (non-hydrogen) atoms. The molecule has 2 fully saturated rings. The first-order valence-corrected chi connectivity index (χ1v) is 10.1. The van der Waals surface area contributed by atoms with Crippen LogP contribution in [-0.4, -0.2) is 50.1 Å². The maximum absolute atomic E-state index is 4.82. The molecule has 1 heterocycles. The van der Waals surface area contributed by atoms with Gasteiger partial charge in [-0.25, -0.2) is 0 Å². The van der Waals surface area contributed by atoms with E-state index in [4.69, 9.17) is 4.99 Å². The van der Waals surface area contributed by atoms with Gasteiger partial charge in [0.1, 0.15) is 0 Å². The van der Waals surface area contributed by atoms with Crippen molar-refractivity contribution in [3.63, 3.8) is 0 Å². The molecule has 4 nitrogen and oxygen atoms in total. The Morgan fingerprint density at radius 3 is 2.50 bits per heavy atom. The first-order valence-electron chi connectivity index (χ1n) is 10.1. The molecule has 1 saturated carbocycles. The smallest absolute Gasteiger partial charge is 0.191 e. The van der Waals surface area contributed by atoms with Crippen molar-refractivity contribution in [3.8, 4) is 0 Å². The molecule has 142 valence electrons. The monoisotopic (exact) mass is 450 g/mol. The van der Waals surface area contributed by atoms with Gasteiger partial charge in [-0.15, -0.1) is 24.0 Å². The molecular formula is C19H39IN4. The molecule has 1 aliphatic heterocycles. The van der Waals surface area contributed by atoms with E-state index in [-0.39, 0.29) is 24.0 Å². The van der Waals surface area contributed by atoms with Gasteiger partial charge in [-0.05, 0) is 51.1 Å². The van der Waals surface area contributed by atoms with Crippen LogP contribution in [0.4, 0.5) is 0 Å². The summed E-state index contributed by atoms with van der Waals surface area (Å²) in [6.07, 6.45) is 11.3. The topological polar surface area (TPSA) is 39.7 Å². The summed E-state index contributed by atoms with van der Waals surface area (Å²) in [4.78, 5) is 7.35. The van der Waals surface area contributed by atoms with Gasteiger partial charge < -0.3 is 15.5 Å². The summed E-state index contributed by atoms with van der Waals surface area (Å²) in [5.41, 5.74) is 0. The Labute approximate surface area is 166 Å². The van der Waals surface area contributed by atoms with Crippen molar-refractivity contribution in [2.24, 2.45) is 16.8 Å². The Hall–Kier alpha value is -0.0400. The number of nitrogens with one attached hydrogen (secondary N) is 2. The Morgan fingerprint density at radius 1 is 1.04 bits per heavy atom. The van der Waals surface area contributed by atoms with Crippen LogP contribution in [0.5, 0.6) is 0 Å². The van der Waals surface area contributed by atoms with Crippen LogP contribution in [0.2, 0.25) is 0 Å². The molecule has 1 unspecified atom stereocenters. The summed E-state index contributed by atoms with van der Waals surface area (Å²) >= 11 is 0. The summed E-state index contributed by atoms with van der Waals surface area (Å²) in [6.45, 7) is 11.0. The molecule has 2 rings (SSSR count). The SMILES string of the molecule is CCNC(=NCC1CCN(CC)C1)NCCCC1CCCCC1.I. The van der Waals surface area contributed by atoms with Crippen molar-refractivity contribution >= 4 is 29.9 Å². The summed E-state index contributed by atoms with van der Waals surface area (Å²) in [5.74, 6) is 2.75. The molecule has 2 N–H and O–H groups in total. The van der Waals surface area contributed by atoms with Crippen molar-refractivity contribution in [2.75, 3.05) is 39.3 Å². The number of halogens is 1. The zero-order chi connectivity index (χ0) is 16.3. The molecule has 0 aromatic carbocycles. The Bertz CT molecular complexity index is 342. The second kappa shape index (κ2) is 13.2. The lowest BCUT2D eigenvalue weighted by Gasteiger charge is -2.21. The van der Waals surface area contributed by atoms with Crippen LogP contribution in [0.1, 0.15) is 65.2 Å². The van der Waals surface area contributed by atoms with E-state index in [1.165, 1.54) is 71.0 Å². The molecule has 0 aromatic rings. The van der Waals surface area contributed by atoms with E-state index in [2.05, 4.69) is 29.4 Å². The number of hydrogen-bond donors (Lipinski definition) is 2. The van der Waals surface area contributed by atoms with E-state index in [1.54, 1.807) is 0 Å². The fourth-order valence-corrected chi connectivity index (χ4v) is 3.98. The average Bonchev–Trinajstić information content (AvgIpc) is 3.05. The van der Waals surface area contributed by atoms with E-state index in [9.17, 15) is 0 Å². The molecule has 1 atom stereocenters. The van der Waals surface area contributed by atoms with Gasteiger partial charge in [-0.1, -0.05) is 39.0 Å². The minimum atomic E-state index is 0. The molecule has 0 radical (unpaired) electrons. The van der Waals surface area contributed by atoms with Gasteiger partial charge in [0.05, 0.1) is 0 Å². The fourth-order valence-electron chi connectivity index (χ4n) is 3.98. The van der Waals surface area contributed by atoms with Crippen LogP contribution in [-0.2, 0) is 0 Å². The van der Waals surface area contributed by atoms with Gasteiger partial charge >= 0.3 is 0 Å². The maximum Gasteiger partial charge on any atom is 0.191 e. The fraction of sp³-hybridized carbons (Fsp3) is 0.947. The lowest BCUT2D eigenvalue weighted by Crippen LogP contribution is -2.38. The van der Waals surface area contributed by atoms with Crippen molar-refractivity contribution in [3.05, 3.63) is 0 Å². The van der Waals surface area contributed by atoms with Gasteiger partial charge in [0.2, 0.25) is 0 Å². The number of hydrogen-bond acceptors (Lipinski definition) is 2. The third-order valence-corrected chi connectivity index (χ3v) is 5.48. The highest BCUT2D eigenvalue weighted by atomic mass is 127. The molecular weight excluding hydrogens is 411 g/mol. The van der Waals surface area contributed by atoms with Crippen molar-refractivity contribution in [2.45, 2.75) is 65.2 Å². The molecule has 0 amide bonds. The summed E-state index contributed by atoms with van der Waals surface area (Å²) in [5, 5.41) is 6.93. The Kier molecular flexibility index (Phi) is 12.1. The third-order valence-electron chi connectivity index (χ3n) is 5.48. The van der Waals surface area contributed by atoms with Crippen LogP contribution in [0.15, 0.2) is 4.99 Å². The lowest BCUT2D eigenvalue weighted by molar-refractivity contribution is 0.332. The normalized spacial score (nSPS) is 23.1. The molecule has 1 aliphatic carbocycles. The van der Waals surface area contributed by atoms with E-state index >= 15 is 0 Å². The zero-order valence-electron chi connectivity index (χ0n) is 15.9. The Balaban J connectivity index is 0.00000288.